The summed E-state index contributed by atoms with van der Waals surface area (Å²) in [6.45, 7) is 3.18. The first kappa shape index (κ1) is 10.2. The van der Waals surface area contributed by atoms with Crippen molar-refractivity contribution in [1.82, 2.24) is 9.97 Å². The van der Waals surface area contributed by atoms with Crippen LogP contribution in [0.3, 0.4) is 0 Å². The summed E-state index contributed by atoms with van der Waals surface area (Å²) in [7, 11) is 0. The van der Waals surface area contributed by atoms with Gasteiger partial charge in [0.15, 0.2) is 0 Å². The van der Waals surface area contributed by atoms with E-state index >= 15 is 0 Å². The standard InChI is InChI=1S/C10H15N3O2/c1-2-3-10(15)5-13(6-10)8-4-9(14)12-7-11-8/h4,7,15H,2-3,5-6H2,1H3,(H,11,12,14). The Balaban J connectivity index is 2.03. The van der Waals surface area contributed by atoms with Crippen molar-refractivity contribution in [3.05, 3.63) is 22.7 Å². The van der Waals surface area contributed by atoms with Crippen molar-refractivity contribution in [1.29, 1.82) is 0 Å². The Morgan fingerprint density at radius 3 is 3.00 bits per heavy atom. The minimum absolute atomic E-state index is 0.161. The maximum absolute atomic E-state index is 11.0. The van der Waals surface area contributed by atoms with Gasteiger partial charge in [-0.1, -0.05) is 13.3 Å². The van der Waals surface area contributed by atoms with E-state index in [4.69, 9.17) is 0 Å². The molecule has 0 atom stereocenters. The monoisotopic (exact) mass is 209 g/mol. The maximum Gasteiger partial charge on any atom is 0.252 e. The molecule has 0 spiro atoms. The van der Waals surface area contributed by atoms with Gasteiger partial charge in [0.05, 0.1) is 11.9 Å². The molecule has 1 fully saturated rings. The summed E-state index contributed by atoms with van der Waals surface area (Å²) < 4.78 is 0. The zero-order valence-electron chi connectivity index (χ0n) is 8.73. The molecule has 1 aromatic heterocycles. The Morgan fingerprint density at radius 1 is 1.67 bits per heavy atom. The first-order valence-corrected chi connectivity index (χ1v) is 5.15. The van der Waals surface area contributed by atoms with E-state index in [-0.39, 0.29) is 5.56 Å². The van der Waals surface area contributed by atoms with Crippen molar-refractivity contribution in [2.45, 2.75) is 25.4 Å². The summed E-state index contributed by atoms with van der Waals surface area (Å²) in [6, 6.07) is 1.45. The highest BCUT2D eigenvalue weighted by atomic mass is 16.3. The van der Waals surface area contributed by atoms with Crippen molar-refractivity contribution in [3.8, 4) is 0 Å². The van der Waals surface area contributed by atoms with Gasteiger partial charge in [0.1, 0.15) is 5.82 Å². The van der Waals surface area contributed by atoms with Gasteiger partial charge in [-0.3, -0.25) is 4.79 Å². The Bertz CT molecular complexity index is 396. The van der Waals surface area contributed by atoms with E-state index < -0.39 is 5.60 Å². The molecule has 2 rings (SSSR count). The van der Waals surface area contributed by atoms with Crippen molar-refractivity contribution >= 4 is 5.82 Å². The summed E-state index contributed by atoms with van der Waals surface area (Å²) in [5, 5.41) is 9.96. The van der Waals surface area contributed by atoms with Crippen LogP contribution in [0.2, 0.25) is 0 Å². The summed E-state index contributed by atoms with van der Waals surface area (Å²) >= 11 is 0. The third kappa shape index (κ3) is 2.02. The van der Waals surface area contributed by atoms with Crippen LogP contribution in [0.25, 0.3) is 0 Å². The van der Waals surface area contributed by atoms with Gasteiger partial charge in [-0.05, 0) is 6.42 Å². The smallest absolute Gasteiger partial charge is 0.252 e. The number of anilines is 1. The van der Waals surface area contributed by atoms with Crippen LogP contribution in [0.5, 0.6) is 0 Å². The lowest BCUT2D eigenvalue weighted by Gasteiger charge is -2.47. The molecular weight excluding hydrogens is 194 g/mol. The quantitative estimate of drug-likeness (QED) is 0.742. The molecular formula is C10H15N3O2. The van der Waals surface area contributed by atoms with Crippen LogP contribution in [0.1, 0.15) is 19.8 Å². The number of H-pyrrole nitrogens is 1. The minimum Gasteiger partial charge on any atom is -0.386 e. The predicted molar refractivity (Wildman–Crippen MR) is 56.9 cm³/mol. The number of aliphatic hydroxyl groups is 1. The van der Waals surface area contributed by atoms with E-state index in [9.17, 15) is 9.90 Å². The SMILES string of the molecule is CCCC1(O)CN(c2cc(=O)[nH]cn2)C1. The molecule has 0 aromatic carbocycles. The topological polar surface area (TPSA) is 69.2 Å². The van der Waals surface area contributed by atoms with Gasteiger partial charge in [0.2, 0.25) is 0 Å². The fraction of sp³-hybridized carbons (Fsp3) is 0.600. The maximum atomic E-state index is 11.0. The first-order valence-electron chi connectivity index (χ1n) is 5.15. The summed E-state index contributed by atoms with van der Waals surface area (Å²) in [6.07, 6.45) is 3.15. The summed E-state index contributed by atoms with van der Waals surface area (Å²) in [5.41, 5.74) is -0.745. The van der Waals surface area contributed by atoms with E-state index in [1.807, 2.05) is 11.8 Å². The van der Waals surface area contributed by atoms with Gasteiger partial charge in [0.25, 0.3) is 5.56 Å². The normalized spacial score (nSPS) is 18.7. The molecule has 2 N–H and O–H groups in total. The zero-order valence-corrected chi connectivity index (χ0v) is 8.73. The van der Waals surface area contributed by atoms with Gasteiger partial charge in [-0.2, -0.15) is 0 Å². The van der Waals surface area contributed by atoms with Crippen LogP contribution < -0.4 is 10.5 Å². The van der Waals surface area contributed by atoms with Gasteiger partial charge in [-0.15, -0.1) is 0 Å². The minimum atomic E-state index is -0.584. The highest BCUT2D eigenvalue weighted by molar-refractivity contribution is 5.42. The van der Waals surface area contributed by atoms with Gasteiger partial charge < -0.3 is 15.0 Å². The molecule has 2 heterocycles. The molecule has 1 saturated heterocycles. The van der Waals surface area contributed by atoms with E-state index in [0.717, 1.165) is 12.8 Å². The molecule has 0 bridgehead atoms. The van der Waals surface area contributed by atoms with Gasteiger partial charge >= 0.3 is 0 Å². The second-order valence-electron chi connectivity index (χ2n) is 4.10. The molecule has 1 aliphatic rings. The Labute approximate surface area is 87.8 Å². The Hall–Kier alpha value is -1.36. The second kappa shape index (κ2) is 3.66. The number of nitrogens with one attached hydrogen (secondary N) is 1. The average molecular weight is 209 g/mol. The van der Waals surface area contributed by atoms with Crippen LogP contribution in [-0.4, -0.2) is 33.8 Å². The lowest BCUT2D eigenvalue weighted by atomic mass is 9.89. The Kier molecular flexibility index (Phi) is 2.48. The number of β-amino-alcohol motifs (C(OH)–C–C–N with tert-alkyl or cyclic N) is 1. The fourth-order valence-electron chi connectivity index (χ4n) is 1.98. The number of nitrogens with zero attached hydrogens (tertiary/aromatic N) is 2. The first-order chi connectivity index (χ1) is 7.13. The molecule has 1 aromatic rings. The van der Waals surface area contributed by atoms with Crippen molar-refractivity contribution in [2.24, 2.45) is 0 Å². The third-order valence-corrected chi connectivity index (χ3v) is 2.67. The largest absolute Gasteiger partial charge is 0.386 e. The highest BCUT2D eigenvalue weighted by Crippen LogP contribution is 2.28. The van der Waals surface area contributed by atoms with Crippen molar-refractivity contribution in [2.75, 3.05) is 18.0 Å². The molecule has 0 unspecified atom stereocenters. The number of hydrogen-bond donors (Lipinski definition) is 2. The predicted octanol–water partition coefficient (Wildman–Crippen LogP) is 0.121. The van der Waals surface area contributed by atoms with Crippen molar-refractivity contribution < 1.29 is 5.11 Å². The van der Waals surface area contributed by atoms with E-state index in [2.05, 4.69) is 9.97 Å². The van der Waals surface area contributed by atoms with Crippen LogP contribution in [0.4, 0.5) is 5.82 Å². The third-order valence-electron chi connectivity index (χ3n) is 2.67. The van der Waals surface area contributed by atoms with E-state index in [1.54, 1.807) is 0 Å². The number of hydrogen-bond acceptors (Lipinski definition) is 4. The molecule has 0 radical (unpaired) electrons. The number of rotatable bonds is 3. The molecule has 5 nitrogen and oxygen atoms in total. The van der Waals surface area contributed by atoms with Crippen LogP contribution >= 0.6 is 0 Å². The van der Waals surface area contributed by atoms with Crippen LogP contribution in [-0.2, 0) is 0 Å². The fourth-order valence-corrected chi connectivity index (χ4v) is 1.98. The number of aromatic nitrogens is 2. The lowest BCUT2D eigenvalue weighted by Crippen LogP contribution is -2.62. The summed E-state index contributed by atoms with van der Waals surface area (Å²) in [4.78, 5) is 19.5. The molecule has 0 saturated carbocycles. The highest BCUT2D eigenvalue weighted by Gasteiger charge is 2.40. The molecule has 15 heavy (non-hydrogen) atoms. The molecule has 1 aliphatic heterocycles. The van der Waals surface area contributed by atoms with Crippen molar-refractivity contribution in [3.63, 3.8) is 0 Å². The lowest BCUT2D eigenvalue weighted by molar-refractivity contribution is 0.00292. The van der Waals surface area contributed by atoms with E-state index in [1.165, 1.54) is 12.4 Å². The van der Waals surface area contributed by atoms with Crippen LogP contribution in [0, 0.1) is 0 Å². The average Bonchev–Trinajstić information content (AvgIpc) is 2.14. The van der Waals surface area contributed by atoms with Gasteiger partial charge in [-0.25, -0.2) is 4.98 Å². The van der Waals surface area contributed by atoms with E-state index in [0.29, 0.717) is 18.9 Å². The number of aromatic amines is 1. The zero-order chi connectivity index (χ0) is 10.9. The molecule has 0 amide bonds. The molecule has 5 heteroatoms. The van der Waals surface area contributed by atoms with Crippen LogP contribution in [0.15, 0.2) is 17.2 Å². The van der Waals surface area contributed by atoms with Gasteiger partial charge in [0, 0.05) is 19.2 Å². The second-order valence-corrected chi connectivity index (χ2v) is 4.10. The molecule has 0 aliphatic carbocycles. The Morgan fingerprint density at radius 2 is 2.40 bits per heavy atom. The molecule has 82 valence electrons. The summed E-state index contributed by atoms with van der Waals surface area (Å²) in [5.74, 6) is 0.638.